The van der Waals surface area contributed by atoms with Gasteiger partial charge in [0.05, 0.1) is 12.1 Å². The van der Waals surface area contributed by atoms with Crippen LogP contribution in [0.4, 0.5) is 5.69 Å². The Balaban J connectivity index is 0.00000196. The second-order valence-corrected chi connectivity index (χ2v) is 6.14. The Hall–Kier alpha value is -2.71. The molecule has 1 aliphatic rings. The van der Waals surface area contributed by atoms with Crippen LogP contribution in [0.15, 0.2) is 47.6 Å². The molecule has 3 aromatic rings. The molecule has 2 aromatic heterocycles. The molecule has 9 heteroatoms. The molecule has 1 amide bonds. The molecular formula is C17H19ClN6O2. The Morgan fingerprint density at radius 3 is 2.77 bits per heavy atom. The molecule has 8 nitrogen and oxygen atoms in total. The van der Waals surface area contributed by atoms with E-state index < -0.39 is 0 Å². The summed E-state index contributed by atoms with van der Waals surface area (Å²) in [5.41, 5.74) is 2.66. The number of rotatable bonds is 4. The van der Waals surface area contributed by atoms with Crippen molar-refractivity contribution >= 4 is 24.0 Å². The number of aryl methyl sites for hydroxylation is 1. The maximum Gasteiger partial charge on any atom is 0.229 e. The molecule has 4 rings (SSSR count). The van der Waals surface area contributed by atoms with E-state index in [1.54, 1.807) is 4.68 Å². The van der Waals surface area contributed by atoms with Crippen LogP contribution in [0, 0.1) is 5.92 Å². The molecule has 0 aliphatic carbocycles. The van der Waals surface area contributed by atoms with E-state index in [0.29, 0.717) is 12.4 Å². The van der Waals surface area contributed by atoms with Crippen molar-refractivity contribution in [1.29, 1.82) is 0 Å². The smallest absolute Gasteiger partial charge is 0.229 e. The zero-order valence-corrected chi connectivity index (χ0v) is 14.9. The standard InChI is InChI=1S/C17H18N6O2.ClH/c1-23-9-12(6-20-23)14-7-18-8-15(14)17(24)21-13-4-2-11(3-5-13)16-19-10-25-22-16;/h2-6,9-10,14-15,18H,7-8H2,1H3,(H,21,24);1H/t14-,15+;/m1./s1. The minimum atomic E-state index is -0.124. The van der Waals surface area contributed by atoms with Crippen molar-refractivity contribution in [2.24, 2.45) is 13.0 Å². The van der Waals surface area contributed by atoms with Crippen molar-refractivity contribution in [3.63, 3.8) is 0 Å². The Morgan fingerprint density at radius 2 is 2.12 bits per heavy atom. The summed E-state index contributed by atoms with van der Waals surface area (Å²) in [6.45, 7) is 1.44. The molecular weight excluding hydrogens is 356 g/mol. The van der Waals surface area contributed by atoms with Crippen LogP contribution in [0.2, 0.25) is 0 Å². The highest BCUT2D eigenvalue weighted by molar-refractivity contribution is 5.93. The third-order valence-electron chi connectivity index (χ3n) is 4.48. The minimum absolute atomic E-state index is 0. The number of nitrogens with one attached hydrogen (secondary N) is 2. The number of amides is 1. The SMILES string of the molecule is Cl.Cn1cc([C@H]2CNC[C@@H]2C(=O)Nc2ccc(-c3ncon3)cc2)cn1. The molecule has 1 fully saturated rings. The number of benzene rings is 1. The van der Waals surface area contributed by atoms with Gasteiger partial charge in [-0.2, -0.15) is 10.1 Å². The first-order valence-electron chi connectivity index (χ1n) is 8.07. The molecule has 0 bridgehead atoms. The van der Waals surface area contributed by atoms with Crippen molar-refractivity contribution < 1.29 is 9.32 Å². The van der Waals surface area contributed by atoms with Crippen molar-refractivity contribution in [2.75, 3.05) is 18.4 Å². The highest BCUT2D eigenvalue weighted by Gasteiger charge is 2.34. The third-order valence-corrected chi connectivity index (χ3v) is 4.48. The lowest BCUT2D eigenvalue weighted by Gasteiger charge is -2.17. The molecule has 136 valence electrons. The van der Waals surface area contributed by atoms with Gasteiger partial charge in [0.25, 0.3) is 0 Å². The largest absolute Gasteiger partial charge is 0.342 e. The van der Waals surface area contributed by atoms with Gasteiger partial charge in [-0.3, -0.25) is 9.48 Å². The van der Waals surface area contributed by atoms with Crippen molar-refractivity contribution in [3.8, 4) is 11.4 Å². The maximum absolute atomic E-state index is 12.7. The van der Waals surface area contributed by atoms with E-state index in [1.165, 1.54) is 6.39 Å². The van der Waals surface area contributed by atoms with Gasteiger partial charge in [0.1, 0.15) is 0 Å². The monoisotopic (exact) mass is 374 g/mol. The molecule has 0 spiro atoms. The topological polar surface area (TPSA) is 97.9 Å². The Labute approximate surface area is 156 Å². The first kappa shape index (κ1) is 18.1. The van der Waals surface area contributed by atoms with Gasteiger partial charge in [-0.25, -0.2) is 0 Å². The van der Waals surface area contributed by atoms with Crippen molar-refractivity contribution in [1.82, 2.24) is 25.2 Å². The van der Waals surface area contributed by atoms with Gasteiger partial charge in [0.15, 0.2) is 0 Å². The van der Waals surface area contributed by atoms with Gasteiger partial charge in [0.2, 0.25) is 18.1 Å². The maximum atomic E-state index is 12.7. The van der Waals surface area contributed by atoms with Crippen LogP contribution >= 0.6 is 12.4 Å². The quantitative estimate of drug-likeness (QED) is 0.723. The van der Waals surface area contributed by atoms with Gasteiger partial charge in [-0.1, -0.05) is 5.16 Å². The number of nitrogens with zero attached hydrogens (tertiary/aromatic N) is 4. The average molecular weight is 375 g/mol. The van der Waals surface area contributed by atoms with E-state index in [4.69, 9.17) is 4.52 Å². The predicted molar refractivity (Wildman–Crippen MR) is 97.9 cm³/mol. The van der Waals surface area contributed by atoms with Crippen LogP contribution in [0.5, 0.6) is 0 Å². The Morgan fingerprint density at radius 1 is 1.31 bits per heavy atom. The molecule has 1 saturated heterocycles. The second kappa shape index (κ2) is 7.67. The van der Waals surface area contributed by atoms with Gasteiger partial charge in [-0.05, 0) is 29.8 Å². The average Bonchev–Trinajstić information content (AvgIpc) is 3.36. The lowest BCUT2D eigenvalue weighted by molar-refractivity contribution is -0.119. The Kier molecular flexibility index (Phi) is 5.34. The fourth-order valence-electron chi connectivity index (χ4n) is 3.17. The van der Waals surface area contributed by atoms with E-state index >= 15 is 0 Å². The number of halogens is 1. The summed E-state index contributed by atoms with van der Waals surface area (Å²) < 4.78 is 6.51. The summed E-state index contributed by atoms with van der Waals surface area (Å²) in [6.07, 6.45) is 5.09. The number of hydrogen-bond donors (Lipinski definition) is 2. The molecule has 2 atom stereocenters. The van der Waals surface area contributed by atoms with Gasteiger partial charge in [-0.15, -0.1) is 12.4 Å². The van der Waals surface area contributed by atoms with Crippen LogP contribution < -0.4 is 10.6 Å². The molecule has 1 aromatic carbocycles. The van der Waals surface area contributed by atoms with Gasteiger partial charge < -0.3 is 15.2 Å². The second-order valence-electron chi connectivity index (χ2n) is 6.14. The normalized spacial score (nSPS) is 19.1. The fraction of sp³-hybridized carbons (Fsp3) is 0.294. The zero-order chi connectivity index (χ0) is 17.2. The van der Waals surface area contributed by atoms with Crippen LogP contribution in [-0.2, 0) is 11.8 Å². The van der Waals surface area contributed by atoms with Crippen LogP contribution in [0.25, 0.3) is 11.4 Å². The summed E-state index contributed by atoms with van der Waals surface area (Å²) in [6, 6.07) is 7.38. The van der Waals surface area contributed by atoms with Crippen molar-refractivity contribution in [2.45, 2.75) is 5.92 Å². The van der Waals surface area contributed by atoms with Gasteiger partial charge >= 0.3 is 0 Å². The number of carbonyl (C=O) groups excluding carboxylic acids is 1. The van der Waals surface area contributed by atoms with Gasteiger partial charge in [0, 0.05) is 43.5 Å². The van der Waals surface area contributed by atoms with E-state index in [9.17, 15) is 4.79 Å². The molecule has 0 unspecified atom stereocenters. The summed E-state index contributed by atoms with van der Waals surface area (Å²) >= 11 is 0. The summed E-state index contributed by atoms with van der Waals surface area (Å²) in [5.74, 6) is 0.536. The highest BCUT2D eigenvalue weighted by Crippen LogP contribution is 2.29. The number of aromatic nitrogens is 4. The number of anilines is 1. The fourth-order valence-corrected chi connectivity index (χ4v) is 3.17. The lowest BCUT2D eigenvalue weighted by Crippen LogP contribution is -2.28. The molecule has 1 aliphatic heterocycles. The van der Waals surface area contributed by atoms with E-state index in [2.05, 4.69) is 25.9 Å². The molecule has 0 radical (unpaired) electrons. The number of carbonyl (C=O) groups is 1. The van der Waals surface area contributed by atoms with E-state index in [-0.39, 0.29) is 30.2 Å². The van der Waals surface area contributed by atoms with E-state index in [0.717, 1.165) is 23.4 Å². The summed E-state index contributed by atoms with van der Waals surface area (Å²) in [5, 5.41) is 14.3. The Bertz CT molecular complexity index is 862. The van der Waals surface area contributed by atoms with Crippen molar-refractivity contribution in [3.05, 3.63) is 48.6 Å². The minimum Gasteiger partial charge on any atom is -0.342 e. The number of hydrogen-bond acceptors (Lipinski definition) is 6. The molecule has 0 saturated carbocycles. The zero-order valence-electron chi connectivity index (χ0n) is 14.1. The van der Waals surface area contributed by atoms with Crippen LogP contribution in [-0.4, -0.2) is 38.9 Å². The van der Waals surface area contributed by atoms with E-state index in [1.807, 2.05) is 43.7 Å². The summed E-state index contributed by atoms with van der Waals surface area (Å²) in [4.78, 5) is 16.7. The van der Waals surface area contributed by atoms with Crippen LogP contribution in [0.1, 0.15) is 11.5 Å². The summed E-state index contributed by atoms with van der Waals surface area (Å²) in [7, 11) is 1.88. The third kappa shape index (κ3) is 3.61. The first-order valence-corrected chi connectivity index (χ1v) is 8.07. The molecule has 2 N–H and O–H groups in total. The predicted octanol–water partition coefficient (Wildman–Crippen LogP) is 1.83. The lowest BCUT2D eigenvalue weighted by atomic mass is 9.90. The van der Waals surface area contributed by atoms with Crippen LogP contribution in [0.3, 0.4) is 0 Å². The highest BCUT2D eigenvalue weighted by atomic mass is 35.5. The molecule has 3 heterocycles. The molecule has 26 heavy (non-hydrogen) atoms. The first-order chi connectivity index (χ1) is 12.2.